The van der Waals surface area contributed by atoms with Crippen LogP contribution in [0.15, 0.2) is 29.2 Å². The molecular formula is C15H12N4OS. The highest BCUT2D eigenvalue weighted by molar-refractivity contribution is 7.98. The van der Waals surface area contributed by atoms with Crippen molar-refractivity contribution >= 4 is 17.6 Å². The number of thioether (sulfide) groups is 1. The molecule has 1 aromatic carbocycles. The summed E-state index contributed by atoms with van der Waals surface area (Å²) in [4.78, 5) is 5.05. The molecule has 0 amide bonds. The van der Waals surface area contributed by atoms with E-state index in [9.17, 15) is 10.5 Å². The monoisotopic (exact) mass is 296 g/mol. The van der Waals surface area contributed by atoms with Gasteiger partial charge in [0.2, 0.25) is 5.88 Å². The van der Waals surface area contributed by atoms with Gasteiger partial charge in [-0.1, -0.05) is 12.1 Å². The summed E-state index contributed by atoms with van der Waals surface area (Å²) in [5.74, 6) is 0.176. The third-order valence-electron chi connectivity index (χ3n) is 2.99. The number of aromatic nitrogens is 1. The summed E-state index contributed by atoms with van der Waals surface area (Å²) in [6.07, 6.45) is 1.98. The van der Waals surface area contributed by atoms with Gasteiger partial charge >= 0.3 is 0 Å². The minimum absolute atomic E-state index is 0.0530. The molecule has 2 N–H and O–H groups in total. The number of nitrogen functional groups attached to an aromatic ring is 1. The molecule has 2 aromatic rings. The predicted molar refractivity (Wildman–Crippen MR) is 81.8 cm³/mol. The summed E-state index contributed by atoms with van der Waals surface area (Å²) in [7, 11) is 1.41. The van der Waals surface area contributed by atoms with Gasteiger partial charge in [-0.2, -0.15) is 15.5 Å². The second-order valence-electron chi connectivity index (χ2n) is 4.08. The summed E-state index contributed by atoms with van der Waals surface area (Å²) in [5, 5.41) is 18.7. The summed E-state index contributed by atoms with van der Waals surface area (Å²) >= 11 is 1.61. The number of anilines is 1. The van der Waals surface area contributed by atoms with Gasteiger partial charge in [0, 0.05) is 10.5 Å². The van der Waals surface area contributed by atoms with E-state index in [1.54, 1.807) is 11.8 Å². The van der Waals surface area contributed by atoms with Crippen LogP contribution in [0.1, 0.15) is 11.1 Å². The fourth-order valence-electron chi connectivity index (χ4n) is 1.99. The minimum atomic E-state index is 0.0530. The van der Waals surface area contributed by atoms with Gasteiger partial charge < -0.3 is 10.5 Å². The SMILES string of the molecule is COc1nc(N)c(C#N)c(-c2ccc(SC)cc2)c1C#N. The Morgan fingerprint density at radius 2 is 1.76 bits per heavy atom. The first-order valence-electron chi connectivity index (χ1n) is 5.98. The van der Waals surface area contributed by atoms with E-state index in [0.29, 0.717) is 5.56 Å². The van der Waals surface area contributed by atoms with Crippen molar-refractivity contribution in [2.75, 3.05) is 19.1 Å². The largest absolute Gasteiger partial charge is 0.480 e. The number of rotatable bonds is 3. The van der Waals surface area contributed by atoms with Crippen LogP contribution in [0.2, 0.25) is 0 Å². The van der Waals surface area contributed by atoms with Crippen LogP contribution in [0.4, 0.5) is 5.82 Å². The topological polar surface area (TPSA) is 95.7 Å². The molecule has 2 rings (SSSR count). The van der Waals surface area contributed by atoms with Crippen LogP contribution in [0, 0.1) is 22.7 Å². The van der Waals surface area contributed by atoms with Crippen molar-refractivity contribution in [2.24, 2.45) is 0 Å². The van der Waals surface area contributed by atoms with E-state index in [1.165, 1.54) is 7.11 Å². The van der Waals surface area contributed by atoms with Crippen molar-refractivity contribution in [3.05, 3.63) is 35.4 Å². The Morgan fingerprint density at radius 1 is 1.14 bits per heavy atom. The third kappa shape index (κ3) is 2.62. The zero-order valence-corrected chi connectivity index (χ0v) is 12.4. The van der Waals surface area contributed by atoms with Crippen LogP contribution < -0.4 is 10.5 Å². The van der Waals surface area contributed by atoms with Crippen molar-refractivity contribution < 1.29 is 4.74 Å². The Balaban J connectivity index is 2.79. The normalized spacial score (nSPS) is 9.71. The van der Waals surface area contributed by atoms with Gasteiger partial charge in [0.05, 0.1) is 7.11 Å². The number of benzene rings is 1. The molecule has 0 bridgehead atoms. The fraction of sp³-hybridized carbons (Fsp3) is 0.133. The van der Waals surface area contributed by atoms with E-state index in [-0.39, 0.29) is 22.8 Å². The molecule has 0 atom stereocenters. The van der Waals surface area contributed by atoms with E-state index in [0.717, 1.165) is 10.5 Å². The molecule has 0 spiro atoms. The van der Waals surface area contributed by atoms with E-state index in [1.807, 2.05) is 42.7 Å². The van der Waals surface area contributed by atoms with Crippen molar-refractivity contribution in [3.63, 3.8) is 0 Å². The molecule has 0 radical (unpaired) electrons. The number of pyridine rings is 1. The first-order valence-corrected chi connectivity index (χ1v) is 7.20. The van der Waals surface area contributed by atoms with Gasteiger partial charge in [-0.25, -0.2) is 0 Å². The lowest BCUT2D eigenvalue weighted by molar-refractivity contribution is 0.397. The Bertz CT molecular complexity index is 757. The number of nitrogens with zero attached hydrogens (tertiary/aromatic N) is 3. The smallest absolute Gasteiger partial charge is 0.234 e. The quantitative estimate of drug-likeness (QED) is 0.875. The number of nitrogens with two attached hydrogens (primary N) is 1. The molecule has 104 valence electrons. The zero-order chi connectivity index (χ0) is 15.4. The van der Waals surface area contributed by atoms with Gasteiger partial charge in [-0.05, 0) is 24.0 Å². The van der Waals surface area contributed by atoms with Crippen molar-refractivity contribution in [2.45, 2.75) is 4.90 Å². The van der Waals surface area contributed by atoms with Crippen LogP contribution in [-0.4, -0.2) is 18.3 Å². The number of ether oxygens (including phenoxy) is 1. The Hall–Kier alpha value is -2.70. The van der Waals surface area contributed by atoms with Crippen molar-refractivity contribution in [1.82, 2.24) is 4.98 Å². The summed E-state index contributed by atoms with van der Waals surface area (Å²) in [5.41, 5.74) is 7.38. The molecule has 1 heterocycles. The van der Waals surface area contributed by atoms with Crippen LogP contribution >= 0.6 is 11.8 Å². The van der Waals surface area contributed by atoms with Gasteiger partial charge in [0.1, 0.15) is 29.1 Å². The van der Waals surface area contributed by atoms with E-state index < -0.39 is 0 Å². The third-order valence-corrected chi connectivity index (χ3v) is 3.73. The van der Waals surface area contributed by atoms with Gasteiger partial charge in [-0.3, -0.25) is 0 Å². The molecular weight excluding hydrogens is 284 g/mol. The standard InChI is InChI=1S/C15H12N4OS/c1-20-15-12(8-17)13(11(7-16)14(18)19-15)9-3-5-10(21-2)6-4-9/h3-6H,1-2H3,(H2,18,19). The highest BCUT2D eigenvalue weighted by Gasteiger charge is 2.20. The van der Waals surface area contributed by atoms with Crippen LogP contribution in [0.25, 0.3) is 11.1 Å². The lowest BCUT2D eigenvalue weighted by Crippen LogP contribution is -2.04. The molecule has 0 aliphatic heterocycles. The van der Waals surface area contributed by atoms with Gasteiger partial charge in [0.25, 0.3) is 0 Å². The Kier molecular flexibility index (Phi) is 4.32. The Morgan fingerprint density at radius 3 is 2.24 bits per heavy atom. The maximum Gasteiger partial charge on any atom is 0.234 e. The number of hydrogen-bond donors (Lipinski definition) is 1. The molecule has 0 saturated carbocycles. The molecule has 0 saturated heterocycles. The van der Waals surface area contributed by atoms with Crippen molar-refractivity contribution in [1.29, 1.82) is 10.5 Å². The first-order chi connectivity index (χ1) is 10.2. The molecule has 0 aliphatic carbocycles. The highest BCUT2D eigenvalue weighted by Crippen LogP contribution is 2.35. The van der Waals surface area contributed by atoms with Crippen LogP contribution in [-0.2, 0) is 0 Å². The second kappa shape index (κ2) is 6.17. The van der Waals surface area contributed by atoms with Crippen molar-refractivity contribution in [3.8, 4) is 29.1 Å². The summed E-state index contributed by atoms with van der Waals surface area (Å²) in [6.45, 7) is 0. The molecule has 6 heteroatoms. The predicted octanol–water partition coefficient (Wildman–Crippen LogP) is 2.80. The average molecular weight is 296 g/mol. The molecule has 0 aliphatic rings. The number of hydrogen-bond acceptors (Lipinski definition) is 6. The number of methoxy groups -OCH3 is 1. The van der Waals surface area contributed by atoms with E-state index >= 15 is 0 Å². The summed E-state index contributed by atoms with van der Waals surface area (Å²) in [6, 6.07) is 11.6. The van der Waals surface area contributed by atoms with E-state index in [4.69, 9.17) is 10.5 Å². The summed E-state index contributed by atoms with van der Waals surface area (Å²) < 4.78 is 5.10. The minimum Gasteiger partial charge on any atom is -0.480 e. The first kappa shape index (κ1) is 14.7. The zero-order valence-electron chi connectivity index (χ0n) is 11.5. The maximum absolute atomic E-state index is 9.38. The molecule has 0 fully saturated rings. The molecule has 0 unspecified atom stereocenters. The lowest BCUT2D eigenvalue weighted by atomic mass is 9.96. The van der Waals surface area contributed by atoms with Crippen LogP contribution in [0.3, 0.4) is 0 Å². The molecule has 1 aromatic heterocycles. The average Bonchev–Trinajstić information content (AvgIpc) is 2.53. The molecule has 21 heavy (non-hydrogen) atoms. The highest BCUT2D eigenvalue weighted by atomic mass is 32.2. The van der Waals surface area contributed by atoms with Crippen LogP contribution in [0.5, 0.6) is 5.88 Å². The Labute approximate surface area is 127 Å². The maximum atomic E-state index is 9.38. The van der Waals surface area contributed by atoms with Gasteiger partial charge in [0.15, 0.2) is 0 Å². The second-order valence-corrected chi connectivity index (χ2v) is 4.96. The number of nitriles is 2. The lowest BCUT2D eigenvalue weighted by Gasteiger charge is -2.12. The fourth-order valence-corrected chi connectivity index (χ4v) is 2.40. The van der Waals surface area contributed by atoms with E-state index in [2.05, 4.69) is 4.98 Å². The van der Waals surface area contributed by atoms with Gasteiger partial charge in [-0.15, -0.1) is 11.8 Å². The molecule has 5 nitrogen and oxygen atoms in total.